The zero-order chi connectivity index (χ0) is 24.0. The van der Waals surface area contributed by atoms with Crippen molar-refractivity contribution in [2.45, 2.75) is 35.7 Å². The standard InChI is InChI=1S/C24H25N5O4S/c1-4-18(30)28-10-8-14(12-28)26-22(31)21-20-19-17(7-9-25-23(19)34-21)29(24(32)27-20)16-6-5-15(33-3)11-13(16)2/h4-7,9,11,14,20-21H,1,8,10,12H2,2-3H3,(H,26,31)(H,27,32)/t14?,20?,21-/m1/s1. The van der Waals surface area contributed by atoms with Crippen molar-refractivity contribution in [2.24, 2.45) is 0 Å². The predicted molar refractivity (Wildman–Crippen MR) is 128 cm³/mol. The highest BCUT2D eigenvalue weighted by atomic mass is 32.2. The maximum Gasteiger partial charge on any atom is 0.327 e. The molecule has 10 heteroatoms. The molecule has 0 bridgehead atoms. The van der Waals surface area contributed by atoms with Crippen molar-refractivity contribution in [2.75, 3.05) is 25.1 Å². The van der Waals surface area contributed by atoms with Crippen molar-refractivity contribution in [1.82, 2.24) is 20.5 Å². The molecule has 3 atom stereocenters. The van der Waals surface area contributed by atoms with Crippen LogP contribution < -0.4 is 20.3 Å². The van der Waals surface area contributed by atoms with Gasteiger partial charge in [0.15, 0.2) is 0 Å². The van der Waals surface area contributed by atoms with Gasteiger partial charge in [0, 0.05) is 30.9 Å². The van der Waals surface area contributed by atoms with Gasteiger partial charge in [0.25, 0.3) is 0 Å². The van der Waals surface area contributed by atoms with E-state index in [-0.39, 0.29) is 23.9 Å². The summed E-state index contributed by atoms with van der Waals surface area (Å²) in [4.78, 5) is 46.2. The zero-order valence-corrected chi connectivity index (χ0v) is 19.7. The van der Waals surface area contributed by atoms with Crippen LogP contribution in [-0.2, 0) is 9.59 Å². The minimum atomic E-state index is -0.545. The number of ether oxygens (including phenoxy) is 1. The fourth-order valence-electron chi connectivity index (χ4n) is 4.76. The van der Waals surface area contributed by atoms with E-state index < -0.39 is 11.3 Å². The second-order valence-electron chi connectivity index (χ2n) is 8.48. The number of rotatable bonds is 5. The van der Waals surface area contributed by atoms with Crippen molar-refractivity contribution in [3.63, 3.8) is 0 Å². The number of methoxy groups -OCH3 is 1. The van der Waals surface area contributed by atoms with Gasteiger partial charge in [-0.1, -0.05) is 18.3 Å². The molecular weight excluding hydrogens is 454 g/mol. The van der Waals surface area contributed by atoms with E-state index in [0.29, 0.717) is 25.3 Å². The quantitative estimate of drug-likeness (QED) is 0.639. The number of aryl methyl sites for hydroxylation is 1. The second-order valence-corrected chi connectivity index (χ2v) is 9.62. The van der Waals surface area contributed by atoms with Gasteiger partial charge in [0.1, 0.15) is 16.0 Å². The summed E-state index contributed by atoms with van der Waals surface area (Å²) in [5, 5.41) is 6.27. The summed E-state index contributed by atoms with van der Waals surface area (Å²) in [6.07, 6.45) is 3.63. The lowest BCUT2D eigenvalue weighted by atomic mass is 9.99. The van der Waals surface area contributed by atoms with Gasteiger partial charge in [0.2, 0.25) is 11.8 Å². The first kappa shape index (κ1) is 22.3. The summed E-state index contributed by atoms with van der Waals surface area (Å²) >= 11 is 1.35. The number of likely N-dealkylation sites (tertiary alicyclic amines) is 1. The Morgan fingerprint density at radius 2 is 2.15 bits per heavy atom. The number of aromatic nitrogens is 1. The fourth-order valence-corrected chi connectivity index (χ4v) is 6.00. The van der Waals surface area contributed by atoms with Crippen LogP contribution in [0, 0.1) is 6.92 Å². The molecule has 3 aliphatic rings. The molecular formula is C24H25N5O4S. The minimum absolute atomic E-state index is 0.133. The fraction of sp³-hybridized carbons (Fsp3) is 0.333. The maximum atomic E-state index is 13.3. The number of anilines is 2. The Morgan fingerprint density at radius 1 is 1.32 bits per heavy atom. The van der Waals surface area contributed by atoms with Crippen LogP contribution in [0.3, 0.4) is 0 Å². The summed E-state index contributed by atoms with van der Waals surface area (Å²) < 4.78 is 5.30. The van der Waals surface area contributed by atoms with E-state index >= 15 is 0 Å². The lowest BCUT2D eigenvalue weighted by molar-refractivity contribution is -0.126. The molecule has 34 heavy (non-hydrogen) atoms. The summed E-state index contributed by atoms with van der Waals surface area (Å²) in [7, 11) is 1.60. The van der Waals surface area contributed by atoms with Gasteiger partial charge in [0.05, 0.1) is 24.5 Å². The van der Waals surface area contributed by atoms with Crippen molar-refractivity contribution >= 4 is 41.0 Å². The van der Waals surface area contributed by atoms with E-state index in [4.69, 9.17) is 4.74 Å². The molecule has 0 aliphatic carbocycles. The van der Waals surface area contributed by atoms with Gasteiger partial charge in [-0.05, 0) is 49.2 Å². The average Bonchev–Trinajstić information content (AvgIpc) is 3.45. The highest BCUT2D eigenvalue weighted by Gasteiger charge is 2.47. The number of amides is 4. The lowest BCUT2D eigenvalue weighted by Crippen LogP contribution is -2.50. The molecule has 2 unspecified atom stereocenters. The molecule has 1 saturated heterocycles. The number of carbonyl (C=O) groups is 3. The topological polar surface area (TPSA) is 104 Å². The molecule has 2 aromatic rings. The Balaban J connectivity index is 1.40. The van der Waals surface area contributed by atoms with E-state index in [0.717, 1.165) is 27.5 Å². The van der Waals surface area contributed by atoms with E-state index in [1.165, 1.54) is 17.8 Å². The molecule has 0 spiro atoms. The van der Waals surface area contributed by atoms with Crippen LogP contribution in [0.1, 0.15) is 23.6 Å². The van der Waals surface area contributed by atoms with Crippen LogP contribution in [0.2, 0.25) is 0 Å². The van der Waals surface area contributed by atoms with Crippen LogP contribution >= 0.6 is 11.8 Å². The molecule has 1 aromatic carbocycles. The molecule has 9 nitrogen and oxygen atoms in total. The van der Waals surface area contributed by atoms with Crippen molar-refractivity contribution in [1.29, 1.82) is 0 Å². The summed E-state index contributed by atoms with van der Waals surface area (Å²) in [5.74, 6) is 0.400. The Bertz CT molecular complexity index is 1200. The number of benzene rings is 1. The first-order valence-corrected chi connectivity index (χ1v) is 11.9. The molecule has 4 heterocycles. The summed E-state index contributed by atoms with van der Waals surface area (Å²) in [6, 6.07) is 6.43. The number of pyridine rings is 1. The number of thioether (sulfide) groups is 1. The van der Waals surface area contributed by atoms with E-state index in [1.54, 1.807) is 23.1 Å². The van der Waals surface area contributed by atoms with Crippen LogP contribution in [0.15, 0.2) is 48.1 Å². The van der Waals surface area contributed by atoms with E-state index in [2.05, 4.69) is 22.2 Å². The Labute approximate surface area is 201 Å². The minimum Gasteiger partial charge on any atom is -0.497 e. The molecule has 5 rings (SSSR count). The van der Waals surface area contributed by atoms with Gasteiger partial charge in [-0.25, -0.2) is 9.78 Å². The third-order valence-electron chi connectivity index (χ3n) is 6.43. The van der Waals surface area contributed by atoms with Crippen LogP contribution in [0.25, 0.3) is 0 Å². The number of carbonyl (C=O) groups excluding carboxylic acids is 3. The van der Waals surface area contributed by atoms with Crippen molar-refractivity contribution in [3.8, 4) is 5.75 Å². The number of hydrogen-bond donors (Lipinski definition) is 2. The first-order valence-electron chi connectivity index (χ1n) is 11.0. The second kappa shape index (κ2) is 8.68. The van der Waals surface area contributed by atoms with E-state index in [9.17, 15) is 14.4 Å². The molecule has 176 valence electrons. The van der Waals surface area contributed by atoms with Gasteiger partial charge in [-0.3, -0.25) is 14.5 Å². The van der Waals surface area contributed by atoms with Crippen LogP contribution in [0.5, 0.6) is 5.75 Å². The van der Waals surface area contributed by atoms with Gasteiger partial charge in [-0.15, -0.1) is 0 Å². The smallest absolute Gasteiger partial charge is 0.327 e. The third-order valence-corrected chi connectivity index (χ3v) is 7.72. The molecule has 1 aromatic heterocycles. The molecule has 0 radical (unpaired) electrons. The highest BCUT2D eigenvalue weighted by Crippen LogP contribution is 2.51. The summed E-state index contributed by atoms with van der Waals surface area (Å²) in [6.45, 7) is 6.47. The molecule has 0 saturated carbocycles. The van der Waals surface area contributed by atoms with Crippen LogP contribution in [0.4, 0.5) is 16.2 Å². The molecule has 1 fully saturated rings. The predicted octanol–water partition coefficient (Wildman–Crippen LogP) is 2.68. The first-order chi connectivity index (χ1) is 16.4. The largest absolute Gasteiger partial charge is 0.497 e. The monoisotopic (exact) mass is 479 g/mol. The molecule has 3 aliphatic heterocycles. The SMILES string of the molecule is C=CC(=O)N1CCC(NC(=O)[C@@H]2Sc3nccc4c3C2NC(=O)N4c2ccc(OC)cc2C)C1. The van der Waals surface area contributed by atoms with Crippen LogP contribution in [-0.4, -0.2) is 59.2 Å². The maximum absolute atomic E-state index is 13.3. The number of nitrogens with zero attached hydrogens (tertiary/aromatic N) is 3. The Kier molecular flexibility index (Phi) is 5.68. The highest BCUT2D eigenvalue weighted by molar-refractivity contribution is 8.01. The Morgan fingerprint density at radius 3 is 2.88 bits per heavy atom. The zero-order valence-electron chi connectivity index (χ0n) is 18.9. The number of nitrogens with one attached hydrogen (secondary N) is 2. The lowest BCUT2D eigenvalue weighted by Gasteiger charge is -2.35. The number of hydrogen-bond acceptors (Lipinski definition) is 6. The normalized spacial score (nSPS) is 22.8. The van der Waals surface area contributed by atoms with Gasteiger partial charge >= 0.3 is 6.03 Å². The van der Waals surface area contributed by atoms with Crippen molar-refractivity contribution < 1.29 is 19.1 Å². The summed E-state index contributed by atoms with van der Waals surface area (Å²) in [5.41, 5.74) is 3.19. The van der Waals surface area contributed by atoms with Gasteiger partial charge < -0.3 is 20.3 Å². The average molecular weight is 480 g/mol. The van der Waals surface area contributed by atoms with E-state index in [1.807, 2.05) is 31.2 Å². The number of urea groups is 1. The third kappa shape index (κ3) is 3.67. The van der Waals surface area contributed by atoms with Gasteiger partial charge in [-0.2, -0.15) is 0 Å². The van der Waals surface area contributed by atoms with Crippen molar-refractivity contribution in [3.05, 3.63) is 54.2 Å². The molecule has 4 amide bonds. The molecule has 2 N–H and O–H groups in total. The Hall–Kier alpha value is -3.53.